The molecule has 9 aromatic rings. The van der Waals surface area contributed by atoms with E-state index in [-0.39, 0.29) is 0 Å². The lowest BCUT2D eigenvalue weighted by atomic mass is 9.87. The van der Waals surface area contributed by atoms with Crippen LogP contribution in [-0.2, 0) is 0 Å². The molecule has 198 valence electrons. The highest BCUT2D eigenvalue weighted by Crippen LogP contribution is 2.50. The minimum Gasteiger partial charge on any atom is -0.143 e. The second kappa shape index (κ2) is 9.75. The van der Waals surface area contributed by atoms with Crippen molar-refractivity contribution in [1.82, 2.24) is 0 Å². The number of fused-ring (bicyclic) bond motifs is 4. The van der Waals surface area contributed by atoms with Crippen LogP contribution in [0.5, 0.6) is 0 Å². The lowest BCUT2D eigenvalue weighted by Crippen LogP contribution is -1.90. The molecule has 0 bridgehead atoms. The molecular formula is C38H22S4. The highest BCUT2D eigenvalue weighted by Gasteiger charge is 2.21. The summed E-state index contributed by atoms with van der Waals surface area (Å²) in [6, 6.07) is 45.3. The van der Waals surface area contributed by atoms with E-state index in [1.165, 1.54) is 83.5 Å². The van der Waals surface area contributed by atoms with Crippen LogP contribution in [0.15, 0.2) is 132 Å². The molecule has 4 aromatic heterocycles. The third-order valence-corrected chi connectivity index (χ3v) is 12.4. The third kappa shape index (κ3) is 3.91. The van der Waals surface area contributed by atoms with Crippen LogP contribution in [0.3, 0.4) is 0 Å². The molecule has 4 heteroatoms. The van der Waals surface area contributed by atoms with Crippen LogP contribution in [0.25, 0.3) is 83.5 Å². The molecule has 0 saturated heterocycles. The summed E-state index contributed by atoms with van der Waals surface area (Å²) in [7, 11) is 0. The third-order valence-electron chi connectivity index (χ3n) is 8.08. The molecule has 4 heterocycles. The van der Waals surface area contributed by atoms with Gasteiger partial charge in [-0.25, -0.2) is 0 Å². The van der Waals surface area contributed by atoms with E-state index in [1.807, 2.05) is 45.3 Å². The second-order valence-electron chi connectivity index (χ2n) is 10.5. The average molecular weight is 607 g/mol. The highest BCUT2D eigenvalue weighted by atomic mass is 32.1. The number of hydrogen-bond acceptors (Lipinski definition) is 4. The Bertz CT molecular complexity index is 2130. The molecule has 0 aliphatic rings. The average Bonchev–Trinajstić information content (AvgIpc) is 3.85. The van der Waals surface area contributed by atoms with E-state index in [4.69, 9.17) is 0 Å². The summed E-state index contributed by atoms with van der Waals surface area (Å²) in [5.74, 6) is 0. The molecule has 0 amide bonds. The van der Waals surface area contributed by atoms with Crippen molar-refractivity contribution in [1.29, 1.82) is 0 Å². The topological polar surface area (TPSA) is 0 Å². The van der Waals surface area contributed by atoms with Crippen LogP contribution in [0.4, 0.5) is 0 Å². The van der Waals surface area contributed by atoms with Crippen LogP contribution >= 0.6 is 45.3 Å². The van der Waals surface area contributed by atoms with Crippen LogP contribution in [0, 0.1) is 0 Å². The molecule has 0 aliphatic heterocycles. The summed E-state index contributed by atoms with van der Waals surface area (Å²) >= 11 is 7.42. The Morgan fingerprint density at radius 2 is 0.667 bits per heavy atom. The lowest BCUT2D eigenvalue weighted by Gasteiger charge is -2.18. The number of hydrogen-bond donors (Lipinski definition) is 0. The molecule has 0 aliphatic carbocycles. The number of thiophene rings is 4. The minimum atomic E-state index is 1.28. The zero-order valence-corrected chi connectivity index (χ0v) is 25.6. The maximum absolute atomic E-state index is 2.43. The quantitative estimate of drug-likeness (QED) is 0.175. The van der Waals surface area contributed by atoms with Gasteiger partial charge in [0.2, 0.25) is 0 Å². The SMILES string of the molecule is c1csc(-c2ccc(-c3c4cc5ccccc5cc4c(-c4ccc(-c5cccs5)s4)c4cc5ccccc5cc34)s2)c1. The summed E-state index contributed by atoms with van der Waals surface area (Å²) in [5.41, 5.74) is 2.67. The first-order valence-corrected chi connectivity index (χ1v) is 17.3. The van der Waals surface area contributed by atoms with E-state index in [2.05, 4.69) is 132 Å². The summed E-state index contributed by atoms with van der Waals surface area (Å²) in [6.45, 7) is 0. The Balaban J connectivity index is 1.44. The molecule has 0 fully saturated rings. The second-order valence-corrected chi connectivity index (χ2v) is 14.6. The first kappa shape index (κ1) is 24.5. The normalized spacial score (nSPS) is 11.8. The predicted octanol–water partition coefficient (Wildman–Crippen LogP) is 13.2. The van der Waals surface area contributed by atoms with E-state index in [1.54, 1.807) is 0 Å². The first-order valence-electron chi connectivity index (χ1n) is 13.9. The van der Waals surface area contributed by atoms with Gasteiger partial charge in [0, 0.05) is 40.4 Å². The Morgan fingerprint density at radius 1 is 0.310 bits per heavy atom. The largest absolute Gasteiger partial charge is 0.143 e. The zero-order chi connectivity index (χ0) is 27.6. The molecule has 0 spiro atoms. The van der Waals surface area contributed by atoms with Crippen LogP contribution < -0.4 is 0 Å². The fraction of sp³-hybridized carbons (Fsp3) is 0. The monoisotopic (exact) mass is 606 g/mol. The van der Waals surface area contributed by atoms with Gasteiger partial charge in [-0.2, -0.15) is 0 Å². The van der Waals surface area contributed by atoms with Crippen LogP contribution in [0.2, 0.25) is 0 Å². The molecule has 42 heavy (non-hydrogen) atoms. The number of benzene rings is 5. The van der Waals surface area contributed by atoms with Gasteiger partial charge in [-0.1, -0.05) is 60.7 Å². The molecule has 0 unspecified atom stereocenters. The van der Waals surface area contributed by atoms with Crippen molar-refractivity contribution in [3.05, 3.63) is 132 Å². The molecule has 0 atom stereocenters. The van der Waals surface area contributed by atoms with E-state index in [0.29, 0.717) is 0 Å². The van der Waals surface area contributed by atoms with Gasteiger partial charge in [0.15, 0.2) is 0 Å². The van der Waals surface area contributed by atoms with E-state index in [0.717, 1.165) is 0 Å². The van der Waals surface area contributed by atoms with Crippen molar-refractivity contribution in [3.63, 3.8) is 0 Å². The van der Waals surface area contributed by atoms with Crippen LogP contribution in [-0.4, -0.2) is 0 Å². The van der Waals surface area contributed by atoms with Gasteiger partial charge in [0.05, 0.1) is 0 Å². The zero-order valence-electron chi connectivity index (χ0n) is 22.3. The summed E-state index contributed by atoms with van der Waals surface area (Å²) < 4.78 is 0. The van der Waals surface area contributed by atoms with Gasteiger partial charge in [-0.3, -0.25) is 0 Å². The fourth-order valence-corrected chi connectivity index (χ4v) is 10.0. The molecule has 5 aromatic carbocycles. The van der Waals surface area contributed by atoms with E-state index in [9.17, 15) is 0 Å². The van der Waals surface area contributed by atoms with Crippen LogP contribution in [0.1, 0.15) is 0 Å². The highest BCUT2D eigenvalue weighted by molar-refractivity contribution is 7.24. The van der Waals surface area contributed by atoms with Crippen molar-refractivity contribution in [2.75, 3.05) is 0 Å². The Kier molecular flexibility index (Phi) is 5.70. The van der Waals surface area contributed by atoms with Gasteiger partial charge >= 0.3 is 0 Å². The molecular weight excluding hydrogens is 585 g/mol. The maximum Gasteiger partial charge on any atom is 0.0449 e. The van der Waals surface area contributed by atoms with Gasteiger partial charge in [-0.15, -0.1) is 45.3 Å². The maximum atomic E-state index is 2.43. The van der Waals surface area contributed by atoms with Gasteiger partial charge in [-0.05, 0) is 115 Å². The molecule has 0 N–H and O–H groups in total. The number of rotatable bonds is 4. The Hall–Kier alpha value is -4.06. The molecule has 0 radical (unpaired) electrons. The van der Waals surface area contributed by atoms with Crippen molar-refractivity contribution >= 4 is 88.4 Å². The first-order chi connectivity index (χ1) is 20.8. The van der Waals surface area contributed by atoms with Gasteiger partial charge in [0.25, 0.3) is 0 Å². The predicted molar refractivity (Wildman–Crippen MR) is 190 cm³/mol. The lowest BCUT2D eigenvalue weighted by molar-refractivity contribution is 1.76. The van der Waals surface area contributed by atoms with Crippen molar-refractivity contribution in [3.8, 4) is 40.4 Å². The Labute approximate surface area is 259 Å². The fourth-order valence-electron chi connectivity index (χ4n) is 6.18. The summed E-state index contributed by atoms with van der Waals surface area (Å²) in [4.78, 5) is 7.93. The summed E-state index contributed by atoms with van der Waals surface area (Å²) in [5, 5.41) is 14.7. The molecule has 9 rings (SSSR count). The smallest absolute Gasteiger partial charge is 0.0449 e. The standard InChI is InChI=1S/C38H22S4/c1-2-8-24-20-28-27(19-23(24)7-1)37(35-15-13-33(41-35)31-11-5-17-39-31)29-21-25-9-3-4-10-26(25)22-30(29)38(28)36-16-14-34(42-36)32-12-6-18-40-32/h1-22H. The van der Waals surface area contributed by atoms with Gasteiger partial charge in [0.1, 0.15) is 0 Å². The van der Waals surface area contributed by atoms with Crippen molar-refractivity contribution < 1.29 is 0 Å². The molecule has 0 nitrogen and oxygen atoms in total. The Morgan fingerprint density at radius 3 is 1.00 bits per heavy atom. The van der Waals surface area contributed by atoms with Gasteiger partial charge < -0.3 is 0 Å². The summed E-state index contributed by atoms with van der Waals surface area (Å²) in [6.07, 6.45) is 0. The minimum absolute atomic E-state index is 1.28. The van der Waals surface area contributed by atoms with E-state index < -0.39 is 0 Å². The van der Waals surface area contributed by atoms with Crippen molar-refractivity contribution in [2.24, 2.45) is 0 Å². The van der Waals surface area contributed by atoms with Crippen molar-refractivity contribution in [2.45, 2.75) is 0 Å². The molecule has 0 saturated carbocycles. The van der Waals surface area contributed by atoms with E-state index >= 15 is 0 Å².